The molecule has 0 aromatic heterocycles. The van der Waals surface area contributed by atoms with Crippen LogP contribution in [0.1, 0.15) is 32.6 Å². The number of nitro groups is 1. The third-order valence-corrected chi connectivity index (χ3v) is 5.94. The number of aromatic hydroxyl groups is 1. The number of rotatable bonds is 7. The number of amides is 1. The minimum absolute atomic E-state index is 0.195. The zero-order valence-corrected chi connectivity index (χ0v) is 20.1. The smallest absolute Gasteiger partial charge is 0.311 e. The summed E-state index contributed by atoms with van der Waals surface area (Å²) in [6.45, 7) is 1.86. The van der Waals surface area contributed by atoms with Crippen molar-refractivity contribution in [3.8, 4) is 5.75 Å². The number of carbonyl (C=O) groups is 1. The number of nitrogens with one attached hydrogen (secondary N) is 1. The molecule has 0 bridgehead atoms. The average molecular weight is 500 g/mol. The first-order chi connectivity index (χ1) is 17.3. The molecule has 4 rings (SSSR count). The summed E-state index contributed by atoms with van der Waals surface area (Å²) in [7, 11) is 0. The second-order valence-electron chi connectivity index (χ2n) is 8.16. The Labute approximate surface area is 212 Å². The van der Waals surface area contributed by atoms with E-state index in [9.17, 15) is 20.0 Å². The fourth-order valence-electron chi connectivity index (χ4n) is 3.74. The van der Waals surface area contributed by atoms with Crippen LogP contribution >= 0.6 is 11.6 Å². The van der Waals surface area contributed by atoms with Gasteiger partial charge in [0.1, 0.15) is 0 Å². The van der Waals surface area contributed by atoms with Gasteiger partial charge in [-0.2, -0.15) is 0 Å². The highest BCUT2D eigenvalue weighted by Gasteiger charge is 2.19. The molecule has 2 N–H and O–H groups in total. The fraction of sp³-hybridized carbons (Fsp3) is 0.0714. The van der Waals surface area contributed by atoms with Crippen molar-refractivity contribution < 1.29 is 14.8 Å². The van der Waals surface area contributed by atoms with Crippen molar-refractivity contribution in [2.24, 2.45) is 4.99 Å². The van der Waals surface area contributed by atoms with Crippen molar-refractivity contribution in [3.63, 3.8) is 0 Å². The first kappa shape index (κ1) is 24.6. The number of halogens is 1. The van der Waals surface area contributed by atoms with Gasteiger partial charge in [0.15, 0.2) is 0 Å². The van der Waals surface area contributed by atoms with Gasteiger partial charge in [0.05, 0.1) is 10.6 Å². The molecule has 4 aromatic rings. The van der Waals surface area contributed by atoms with Crippen LogP contribution in [0.25, 0.3) is 0 Å². The molecular weight excluding hydrogens is 478 g/mol. The normalized spacial score (nSPS) is 10.9. The summed E-state index contributed by atoms with van der Waals surface area (Å²) in [6, 6.07) is 24.3. The predicted octanol–water partition coefficient (Wildman–Crippen LogP) is 6.86. The maximum Gasteiger partial charge on any atom is 0.311 e. The Morgan fingerprint density at radius 2 is 1.81 bits per heavy atom. The number of phenols is 1. The Balaban J connectivity index is 1.60. The molecule has 8 heteroatoms. The van der Waals surface area contributed by atoms with Crippen molar-refractivity contribution in [1.82, 2.24) is 0 Å². The number of anilines is 1. The quantitative estimate of drug-likeness (QED) is 0.165. The van der Waals surface area contributed by atoms with E-state index < -0.39 is 16.4 Å². The van der Waals surface area contributed by atoms with Crippen molar-refractivity contribution in [2.45, 2.75) is 13.3 Å². The lowest BCUT2D eigenvalue weighted by atomic mass is 10.0. The summed E-state index contributed by atoms with van der Waals surface area (Å²) in [4.78, 5) is 27.9. The highest BCUT2D eigenvalue weighted by Crippen LogP contribution is 2.32. The lowest BCUT2D eigenvalue weighted by Gasteiger charge is -2.09. The first-order valence-corrected chi connectivity index (χ1v) is 11.4. The summed E-state index contributed by atoms with van der Waals surface area (Å²) >= 11 is 6.25. The summed E-state index contributed by atoms with van der Waals surface area (Å²) in [5.41, 5.74) is 3.65. The second-order valence-corrected chi connectivity index (χ2v) is 8.56. The standard InChI is InChI=1S/C28H22ClN3O4/c1-18-7-2-4-11-24(18)28(34)31-23-10-6-9-22(16-23)30-17-21-14-19(15-26(27(21)33)32(35)36)13-20-8-3-5-12-25(20)29/h2-12,14-17,33H,13H2,1H3,(H,31,34). The predicted molar refractivity (Wildman–Crippen MR) is 142 cm³/mol. The molecular formula is C28H22ClN3O4. The molecule has 36 heavy (non-hydrogen) atoms. The molecule has 180 valence electrons. The molecule has 4 aromatic carbocycles. The largest absolute Gasteiger partial charge is 0.502 e. The molecule has 7 nitrogen and oxygen atoms in total. The third kappa shape index (κ3) is 5.76. The zero-order chi connectivity index (χ0) is 25.7. The van der Waals surface area contributed by atoms with Gasteiger partial charge in [-0.05, 0) is 66.4 Å². The molecule has 0 radical (unpaired) electrons. The summed E-state index contributed by atoms with van der Waals surface area (Å²) in [5, 5.41) is 25.4. The van der Waals surface area contributed by atoms with Gasteiger partial charge in [-0.25, -0.2) is 0 Å². The third-order valence-electron chi connectivity index (χ3n) is 5.57. The average Bonchev–Trinajstić information content (AvgIpc) is 2.86. The summed E-state index contributed by atoms with van der Waals surface area (Å²) in [5.74, 6) is -0.717. The van der Waals surface area contributed by atoms with Crippen LogP contribution in [0.2, 0.25) is 5.02 Å². The Morgan fingerprint density at radius 3 is 2.56 bits per heavy atom. The number of phenolic OH excluding ortho intramolecular Hbond substituents is 1. The molecule has 0 saturated heterocycles. The zero-order valence-electron chi connectivity index (χ0n) is 19.3. The van der Waals surface area contributed by atoms with Crippen LogP contribution in [0, 0.1) is 17.0 Å². The Hall–Kier alpha value is -4.49. The fourth-order valence-corrected chi connectivity index (χ4v) is 3.94. The number of hydrogen-bond acceptors (Lipinski definition) is 5. The van der Waals surface area contributed by atoms with Crippen LogP contribution < -0.4 is 5.32 Å². The van der Waals surface area contributed by atoms with E-state index in [2.05, 4.69) is 10.3 Å². The number of hydrogen-bond donors (Lipinski definition) is 2. The number of aliphatic imine (C=N–C) groups is 1. The molecule has 0 spiro atoms. The second kappa shape index (κ2) is 10.8. The van der Waals surface area contributed by atoms with Gasteiger partial charge in [0, 0.05) is 34.1 Å². The molecule has 0 unspecified atom stereocenters. The van der Waals surface area contributed by atoms with Crippen LogP contribution in [0.4, 0.5) is 17.1 Å². The molecule has 0 fully saturated rings. The van der Waals surface area contributed by atoms with Crippen LogP contribution in [-0.2, 0) is 6.42 Å². The van der Waals surface area contributed by atoms with E-state index in [1.54, 1.807) is 54.6 Å². The van der Waals surface area contributed by atoms with E-state index in [0.717, 1.165) is 11.1 Å². The Morgan fingerprint density at radius 1 is 1.06 bits per heavy atom. The van der Waals surface area contributed by atoms with Gasteiger partial charge in [0.2, 0.25) is 5.75 Å². The Kier molecular flexibility index (Phi) is 7.42. The van der Waals surface area contributed by atoms with Gasteiger partial charge in [-0.3, -0.25) is 19.9 Å². The van der Waals surface area contributed by atoms with E-state index in [-0.39, 0.29) is 11.5 Å². The SMILES string of the molecule is Cc1ccccc1C(=O)Nc1cccc(N=Cc2cc(Cc3ccccc3Cl)cc([N+](=O)[O-])c2O)c1. The van der Waals surface area contributed by atoms with Crippen molar-refractivity contribution in [3.05, 3.63) is 128 Å². The highest BCUT2D eigenvalue weighted by atomic mass is 35.5. The molecule has 0 aliphatic carbocycles. The maximum atomic E-state index is 12.6. The first-order valence-electron chi connectivity index (χ1n) is 11.1. The summed E-state index contributed by atoms with van der Waals surface area (Å²) in [6.07, 6.45) is 1.71. The molecule has 0 atom stereocenters. The molecule has 0 saturated carbocycles. The molecule has 0 aliphatic rings. The van der Waals surface area contributed by atoms with Crippen LogP contribution in [0.15, 0.2) is 89.9 Å². The van der Waals surface area contributed by atoms with E-state index >= 15 is 0 Å². The molecule has 0 heterocycles. The molecule has 1 amide bonds. The lowest BCUT2D eigenvalue weighted by molar-refractivity contribution is -0.385. The summed E-state index contributed by atoms with van der Waals surface area (Å²) < 4.78 is 0. The number of benzene rings is 4. The van der Waals surface area contributed by atoms with Crippen LogP contribution in [-0.4, -0.2) is 22.2 Å². The maximum absolute atomic E-state index is 12.6. The van der Waals surface area contributed by atoms with E-state index in [1.807, 2.05) is 31.2 Å². The monoisotopic (exact) mass is 499 g/mol. The van der Waals surface area contributed by atoms with Gasteiger partial charge in [-0.15, -0.1) is 0 Å². The molecule has 0 aliphatic heterocycles. The Bertz CT molecular complexity index is 1480. The van der Waals surface area contributed by atoms with Gasteiger partial charge < -0.3 is 10.4 Å². The van der Waals surface area contributed by atoms with Gasteiger partial charge >= 0.3 is 5.69 Å². The number of nitrogens with zero attached hydrogens (tertiary/aromatic N) is 2. The van der Waals surface area contributed by atoms with Gasteiger partial charge in [0.25, 0.3) is 5.91 Å². The lowest BCUT2D eigenvalue weighted by Crippen LogP contribution is -2.13. The minimum atomic E-state index is -0.634. The van der Waals surface area contributed by atoms with Crippen molar-refractivity contribution >= 4 is 40.8 Å². The number of carbonyl (C=O) groups excluding carboxylic acids is 1. The van der Waals surface area contributed by atoms with Crippen molar-refractivity contribution in [2.75, 3.05) is 5.32 Å². The minimum Gasteiger partial charge on any atom is -0.502 e. The number of nitro benzene ring substituents is 1. The van der Waals surface area contributed by atoms with E-state index in [4.69, 9.17) is 11.6 Å². The van der Waals surface area contributed by atoms with Crippen molar-refractivity contribution in [1.29, 1.82) is 0 Å². The number of aryl methyl sites for hydroxylation is 1. The van der Waals surface area contributed by atoms with E-state index in [1.165, 1.54) is 12.3 Å². The van der Waals surface area contributed by atoms with Crippen LogP contribution in [0.5, 0.6) is 5.75 Å². The highest BCUT2D eigenvalue weighted by molar-refractivity contribution is 6.31. The van der Waals surface area contributed by atoms with Crippen LogP contribution in [0.3, 0.4) is 0 Å². The topological polar surface area (TPSA) is 105 Å². The van der Waals surface area contributed by atoms with Gasteiger partial charge in [-0.1, -0.05) is 54.1 Å². The van der Waals surface area contributed by atoms with E-state index in [0.29, 0.717) is 33.9 Å².